The molecule has 6 heteroatoms. The van der Waals surface area contributed by atoms with Crippen LogP contribution in [-0.2, 0) is 13.6 Å². The van der Waals surface area contributed by atoms with E-state index in [0.29, 0.717) is 18.9 Å². The highest BCUT2D eigenvalue weighted by atomic mass is 16.3. The highest BCUT2D eigenvalue weighted by Gasteiger charge is 2.02. The van der Waals surface area contributed by atoms with Gasteiger partial charge in [0, 0.05) is 13.6 Å². The first kappa shape index (κ1) is 10.1. The third kappa shape index (κ3) is 3.49. The van der Waals surface area contributed by atoms with Crippen molar-refractivity contribution in [2.24, 2.45) is 7.05 Å². The van der Waals surface area contributed by atoms with Crippen LogP contribution in [-0.4, -0.2) is 44.2 Å². The lowest BCUT2D eigenvalue weighted by Gasteiger charge is -2.06. The maximum absolute atomic E-state index is 8.98. The fourth-order valence-electron chi connectivity index (χ4n) is 0.880. The summed E-state index contributed by atoms with van der Waals surface area (Å²) >= 11 is 0. The van der Waals surface area contributed by atoms with Crippen LogP contribution in [0.4, 0.5) is 0 Å². The van der Waals surface area contributed by atoms with Gasteiger partial charge < -0.3 is 15.5 Å². The molecule has 0 spiro atoms. The summed E-state index contributed by atoms with van der Waals surface area (Å²) in [4.78, 5) is 3.98. The van der Waals surface area contributed by atoms with Crippen molar-refractivity contribution in [3.63, 3.8) is 0 Å². The minimum absolute atomic E-state index is 0.233. The smallest absolute Gasteiger partial charge is 0.164 e. The number of aliphatic hydroxyl groups excluding tert-OH is 2. The molecule has 74 valence electrons. The van der Waals surface area contributed by atoms with Gasteiger partial charge in [-0.15, -0.1) is 0 Å². The van der Waals surface area contributed by atoms with Gasteiger partial charge in [-0.25, -0.2) is 4.98 Å². The molecule has 0 amide bonds. The first-order valence-corrected chi connectivity index (χ1v) is 4.06. The van der Waals surface area contributed by atoms with Crippen molar-refractivity contribution in [3.05, 3.63) is 12.2 Å². The van der Waals surface area contributed by atoms with Gasteiger partial charge in [-0.1, -0.05) is 0 Å². The topological polar surface area (TPSA) is 83.2 Å². The summed E-state index contributed by atoms with van der Waals surface area (Å²) in [5.41, 5.74) is 0. The molecule has 1 atom stereocenters. The van der Waals surface area contributed by atoms with E-state index in [9.17, 15) is 0 Å². The van der Waals surface area contributed by atoms with Crippen LogP contribution in [0.25, 0.3) is 0 Å². The highest BCUT2D eigenvalue weighted by molar-refractivity contribution is 4.80. The largest absolute Gasteiger partial charge is 0.394 e. The summed E-state index contributed by atoms with van der Waals surface area (Å²) in [5, 5.41) is 24.4. The quantitative estimate of drug-likeness (QED) is 0.508. The molecule has 13 heavy (non-hydrogen) atoms. The normalized spacial score (nSPS) is 13.2. The van der Waals surface area contributed by atoms with Crippen LogP contribution in [0.2, 0.25) is 0 Å². The zero-order valence-electron chi connectivity index (χ0n) is 7.51. The van der Waals surface area contributed by atoms with E-state index in [2.05, 4.69) is 15.4 Å². The predicted octanol–water partition coefficient (Wildman–Crippen LogP) is -1.74. The number of hydrogen-bond donors (Lipinski definition) is 3. The predicted molar refractivity (Wildman–Crippen MR) is 45.8 cm³/mol. The number of nitrogens with one attached hydrogen (secondary N) is 1. The molecule has 0 aliphatic carbocycles. The van der Waals surface area contributed by atoms with Gasteiger partial charge in [-0.2, -0.15) is 5.10 Å². The Balaban J connectivity index is 2.20. The lowest BCUT2D eigenvalue weighted by atomic mass is 10.4. The van der Waals surface area contributed by atoms with Crippen LogP contribution in [0.5, 0.6) is 0 Å². The first-order chi connectivity index (χ1) is 6.22. The molecule has 1 aromatic rings. The second-order valence-corrected chi connectivity index (χ2v) is 2.80. The average molecular weight is 186 g/mol. The van der Waals surface area contributed by atoms with Gasteiger partial charge in [0.05, 0.1) is 19.3 Å². The Morgan fingerprint density at radius 2 is 2.46 bits per heavy atom. The molecular weight excluding hydrogens is 172 g/mol. The number of nitrogens with zero attached hydrogens (tertiary/aromatic N) is 3. The molecular formula is C7H14N4O2. The second kappa shape index (κ2) is 4.90. The average Bonchev–Trinajstić information content (AvgIpc) is 2.51. The summed E-state index contributed by atoms with van der Waals surface area (Å²) in [6.07, 6.45) is 0.892. The van der Waals surface area contributed by atoms with Gasteiger partial charge in [0.15, 0.2) is 5.82 Å². The van der Waals surface area contributed by atoms with Gasteiger partial charge in [0.2, 0.25) is 0 Å². The maximum atomic E-state index is 8.98. The molecule has 6 nitrogen and oxygen atoms in total. The van der Waals surface area contributed by atoms with E-state index in [1.165, 1.54) is 0 Å². The zero-order chi connectivity index (χ0) is 9.68. The minimum atomic E-state index is -0.719. The number of aryl methyl sites for hydroxylation is 1. The van der Waals surface area contributed by atoms with Gasteiger partial charge in [-0.3, -0.25) is 4.68 Å². The number of aromatic nitrogens is 3. The molecule has 0 aliphatic heterocycles. The van der Waals surface area contributed by atoms with Crippen molar-refractivity contribution in [2.75, 3.05) is 13.2 Å². The molecule has 0 fully saturated rings. The molecule has 3 N–H and O–H groups in total. The Morgan fingerprint density at radius 3 is 3.00 bits per heavy atom. The van der Waals surface area contributed by atoms with Crippen molar-refractivity contribution in [1.29, 1.82) is 0 Å². The SMILES string of the molecule is Cn1cnc(CNC[C@H](O)CO)n1. The molecule has 1 aromatic heterocycles. The van der Waals surface area contributed by atoms with Crippen LogP contribution >= 0.6 is 0 Å². The van der Waals surface area contributed by atoms with E-state index in [1.54, 1.807) is 18.1 Å². The van der Waals surface area contributed by atoms with E-state index in [1.807, 2.05) is 0 Å². The summed E-state index contributed by atoms with van der Waals surface area (Å²) < 4.78 is 1.61. The molecule has 0 saturated carbocycles. The Labute approximate surface area is 76.2 Å². The van der Waals surface area contributed by atoms with Crippen LogP contribution in [0.3, 0.4) is 0 Å². The molecule has 0 radical (unpaired) electrons. The Hall–Kier alpha value is -0.980. The number of aliphatic hydroxyl groups is 2. The molecule has 0 saturated heterocycles. The maximum Gasteiger partial charge on any atom is 0.164 e. The van der Waals surface area contributed by atoms with Crippen LogP contribution in [0, 0.1) is 0 Å². The van der Waals surface area contributed by atoms with Crippen molar-refractivity contribution in [3.8, 4) is 0 Å². The number of rotatable bonds is 5. The van der Waals surface area contributed by atoms with Crippen LogP contribution < -0.4 is 5.32 Å². The van der Waals surface area contributed by atoms with Gasteiger partial charge in [0.25, 0.3) is 0 Å². The third-order valence-corrected chi connectivity index (χ3v) is 1.52. The van der Waals surface area contributed by atoms with Gasteiger partial charge in [-0.05, 0) is 0 Å². The van der Waals surface area contributed by atoms with Crippen molar-refractivity contribution in [1.82, 2.24) is 20.1 Å². The van der Waals surface area contributed by atoms with Crippen LogP contribution in [0.15, 0.2) is 6.33 Å². The summed E-state index contributed by atoms with van der Waals surface area (Å²) in [5.74, 6) is 0.674. The second-order valence-electron chi connectivity index (χ2n) is 2.80. The zero-order valence-corrected chi connectivity index (χ0v) is 7.51. The van der Waals surface area contributed by atoms with Gasteiger partial charge >= 0.3 is 0 Å². The van der Waals surface area contributed by atoms with E-state index >= 15 is 0 Å². The first-order valence-electron chi connectivity index (χ1n) is 4.06. The Kier molecular flexibility index (Phi) is 3.81. The highest BCUT2D eigenvalue weighted by Crippen LogP contribution is 1.86. The van der Waals surface area contributed by atoms with E-state index in [0.717, 1.165) is 0 Å². The van der Waals surface area contributed by atoms with Crippen molar-refractivity contribution >= 4 is 0 Å². The third-order valence-electron chi connectivity index (χ3n) is 1.52. The standard InChI is InChI=1S/C7H14N4O2/c1-11-5-9-7(10-11)3-8-2-6(13)4-12/h5-6,8,12-13H,2-4H2,1H3/t6-/m0/s1. The Morgan fingerprint density at radius 1 is 1.69 bits per heavy atom. The summed E-state index contributed by atoms with van der Waals surface area (Å²) in [6.45, 7) is 0.606. The lowest BCUT2D eigenvalue weighted by Crippen LogP contribution is -2.29. The van der Waals surface area contributed by atoms with Crippen LogP contribution in [0.1, 0.15) is 5.82 Å². The molecule has 1 heterocycles. The molecule has 0 aromatic carbocycles. The Bertz CT molecular complexity index is 250. The number of hydrogen-bond acceptors (Lipinski definition) is 5. The van der Waals surface area contributed by atoms with Crippen molar-refractivity contribution in [2.45, 2.75) is 12.6 Å². The van der Waals surface area contributed by atoms with E-state index in [-0.39, 0.29) is 6.61 Å². The van der Waals surface area contributed by atoms with Gasteiger partial charge in [0.1, 0.15) is 6.33 Å². The fourth-order valence-corrected chi connectivity index (χ4v) is 0.880. The molecule has 1 rings (SSSR count). The summed E-state index contributed by atoms with van der Waals surface area (Å²) in [6, 6.07) is 0. The fraction of sp³-hybridized carbons (Fsp3) is 0.714. The minimum Gasteiger partial charge on any atom is -0.394 e. The van der Waals surface area contributed by atoms with Crippen molar-refractivity contribution < 1.29 is 10.2 Å². The van der Waals surface area contributed by atoms with E-state index < -0.39 is 6.10 Å². The molecule has 0 unspecified atom stereocenters. The molecule has 0 bridgehead atoms. The summed E-state index contributed by atoms with van der Waals surface area (Å²) in [7, 11) is 1.79. The monoisotopic (exact) mass is 186 g/mol. The van der Waals surface area contributed by atoms with E-state index in [4.69, 9.17) is 10.2 Å². The molecule has 0 aliphatic rings. The lowest BCUT2D eigenvalue weighted by molar-refractivity contribution is 0.0941.